The van der Waals surface area contributed by atoms with Crippen LogP contribution in [0.15, 0.2) is 18.2 Å². The molecule has 0 spiro atoms. The van der Waals surface area contributed by atoms with Gasteiger partial charge in [0.15, 0.2) is 6.29 Å². The summed E-state index contributed by atoms with van der Waals surface area (Å²) in [6, 6.07) is 5.99. The van der Waals surface area contributed by atoms with E-state index in [1.807, 2.05) is 6.07 Å². The predicted octanol–water partition coefficient (Wildman–Crippen LogP) is 4.17. The first kappa shape index (κ1) is 13.4. The third-order valence-corrected chi connectivity index (χ3v) is 4.27. The van der Waals surface area contributed by atoms with Crippen molar-refractivity contribution in [1.29, 1.82) is 0 Å². The molecule has 0 unspecified atom stereocenters. The molecule has 0 radical (unpaired) electrons. The Morgan fingerprint density at radius 2 is 1.94 bits per heavy atom. The van der Waals surface area contributed by atoms with Crippen molar-refractivity contribution in [2.75, 3.05) is 11.9 Å². The second-order valence-electron chi connectivity index (χ2n) is 5.35. The minimum absolute atomic E-state index is 0.526. The fraction of sp³-hybridized carbons (Fsp3) is 0.533. The molecule has 3 heteroatoms. The standard InChI is InChI=1S/C15H20ClNO/c1-11-3-7-14(8-4-11)17(2)15-9-13(16)6-5-12(15)10-18/h5-6,9-11,14H,3-4,7-8H2,1-2H3. The average molecular weight is 266 g/mol. The molecule has 1 aliphatic carbocycles. The highest BCUT2D eigenvalue weighted by molar-refractivity contribution is 6.31. The Morgan fingerprint density at radius 3 is 2.56 bits per heavy atom. The summed E-state index contributed by atoms with van der Waals surface area (Å²) in [5.74, 6) is 0.833. The van der Waals surface area contributed by atoms with Crippen LogP contribution in [-0.4, -0.2) is 19.4 Å². The van der Waals surface area contributed by atoms with Crippen molar-refractivity contribution in [3.8, 4) is 0 Å². The van der Waals surface area contributed by atoms with Gasteiger partial charge >= 0.3 is 0 Å². The lowest BCUT2D eigenvalue weighted by Crippen LogP contribution is -2.35. The number of halogens is 1. The number of carbonyl (C=O) groups is 1. The van der Waals surface area contributed by atoms with Crippen molar-refractivity contribution in [2.24, 2.45) is 5.92 Å². The van der Waals surface area contributed by atoms with Crippen molar-refractivity contribution in [1.82, 2.24) is 0 Å². The molecule has 2 rings (SSSR count). The zero-order chi connectivity index (χ0) is 13.1. The number of hydrogen-bond donors (Lipinski definition) is 0. The van der Waals surface area contributed by atoms with E-state index in [0.717, 1.165) is 23.5 Å². The zero-order valence-electron chi connectivity index (χ0n) is 11.0. The molecule has 1 aromatic rings. The van der Waals surface area contributed by atoms with Gasteiger partial charge in [0.25, 0.3) is 0 Å². The third-order valence-electron chi connectivity index (χ3n) is 4.03. The largest absolute Gasteiger partial charge is 0.371 e. The Bertz CT molecular complexity index is 425. The SMILES string of the molecule is CC1CCC(N(C)c2cc(Cl)ccc2C=O)CC1. The second kappa shape index (κ2) is 5.75. The normalized spacial score (nSPS) is 23.7. The molecule has 98 valence electrons. The van der Waals surface area contributed by atoms with Crippen molar-refractivity contribution in [3.63, 3.8) is 0 Å². The van der Waals surface area contributed by atoms with Crippen LogP contribution >= 0.6 is 11.6 Å². The van der Waals surface area contributed by atoms with Crippen molar-refractivity contribution < 1.29 is 4.79 Å². The van der Waals surface area contributed by atoms with Gasteiger partial charge in [-0.25, -0.2) is 0 Å². The molecule has 0 bridgehead atoms. The van der Waals surface area contributed by atoms with Gasteiger partial charge in [-0.15, -0.1) is 0 Å². The predicted molar refractivity (Wildman–Crippen MR) is 76.7 cm³/mol. The van der Waals surface area contributed by atoms with Crippen molar-refractivity contribution >= 4 is 23.6 Å². The van der Waals surface area contributed by atoms with Gasteiger partial charge in [0.1, 0.15) is 0 Å². The lowest BCUT2D eigenvalue weighted by Gasteiger charge is -2.35. The van der Waals surface area contributed by atoms with E-state index in [1.54, 1.807) is 12.1 Å². The summed E-state index contributed by atoms with van der Waals surface area (Å²) in [7, 11) is 2.07. The molecule has 0 amide bonds. The second-order valence-corrected chi connectivity index (χ2v) is 5.78. The highest BCUT2D eigenvalue weighted by Crippen LogP contribution is 2.31. The van der Waals surface area contributed by atoms with E-state index in [1.165, 1.54) is 25.7 Å². The van der Waals surface area contributed by atoms with Crippen LogP contribution in [0.1, 0.15) is 43.0 Å². The number of aldehydes is 1. The summed E-state index contributed by atoms with van der Waals surface area (Å²) >= 11 is 6.04. The van der Waals surface area contributed by atoms with Gasteiger partial charge in [-0.1, -0.05) is 18.5 Å². The van der Waals surface area contributed by atoms with E-state index < -0.39 is 0 Å². The molecular weight excluding hydrogens is 246 g/mol. The van der Waals surface area contributed by atoms with E-state index in [-0.39, 0.29) is 0 Å². The van der Waals surface area contributed by atoms with Crippen LogP contribution in [0, 0.1) is 5.92 Å². The minimum atomic E-state index is 0.526. The van der Waals surface area contributed by atoms with E-state index in [4.69, 9.17) is 11.6 Å². The van der Waals surface area contributed by atoms with Gasteiger partial charge in [-0.3, -0.25) is 4.79 Å². The zero-order valence-corrected chi connectivity index (χ0v) is 11.8. The van der Waals surface area contributed by atoms with Crippen LogP contribution in [-0.2, 0) is 0 Å². The quantitative estimate of drug-likeness (QED) is 0.765. The smallest absolute Gasteiger partial charge is 0.152 e. The van der Waals surface area contributed by atoms with E-state index in [0.29, 0.717) is 11.1 Å². The molecule has 18 heavy (non-hydrogen) atoms. The van der Waals surface area contributed by atoms with Crippen LogP contribution in [0.25, 0.3) is 0 Å². The third kappa shape index (κ3) is 2.86. The molecule has 1 saturated carbocycles. The first-order valence-corrected chi connectivity index (χ1v) is 6.97. The maximum Gasteiger partial charge on any atom is 0.152 e. The molecule has 0 aromatic heterocycles. The highest BCUT2D eigenvalue weighted by atomic mass is 35.5. The van der Waals surface area contributed by atoms with Crippen LogP contribution in [0.2, 0.25) is 5.02 Å². The van der Waals surface area contributed by atoms with Gasteiger partial charge < -0.3 is 4.90 Å². The topological polar surface area (TPSA) is 20.3 Å². The van der Waals surface area contributed by atoms with E-state index in [9.17, 15) is 4.79 Å². The fourth-order valence-corrected chi connectivity index (χ4v) is 2.91. The van der Waals surface area contributed by atoms with Crippen LogP contribution in [0.4, 0.5) is 5.69 Å². The van der Waals surface area contributed by atoms with Gasteiger partial charge in [0.2, 0.25) is 0 Å². The summed E-state index contributed by atoms with van der Waals surface area (Å²) in [6.07, 6.45) is 5.84. The maximum absolute atomic E-state index is 11.1. The molecule has 0 saturated heterocycles. The number of hydrogen-bond acceptors (Lipinski definition) is 2. The van der Waals surface area contributed by atoms with Crippen LogP contribution in [0.3, 0.4) is 0 Å². The Hall–Kier alpha value is -1.02. The van der Waals surface area contributed by atoms with Crippen molar-refractivity contribution in [2.45, 2.75) is 38.6 Å². The maximum atomic E-state index is 11.1. The lowest BCUT2D eigenvalue weighted by molar-refractivity contribution is 0.112. The van der Waals surface area contributed by atoms with Gasteiger partial charge in [0, 0.05) is 29.4 Å². The molecular formula is C15H20ClNO. The molecule has 0 heterocycles. The summed E-state index contributed by atoms with van der Waals surface area (Å²) in [5.41, 5.74) is 1.68. The number of carbonyl (C=O) groups excluding carboxylic acids is 1. The molecule has 0 aliphatic heterocycles. The number of benzene rings is 1. The average Bonchev–Trinajstić information content (AvgIpc) is 2.39. The monoisotopic (exact) mass is 265 g/mol. The van der Waals surface area contributed by atoms with Crippen LogP contribution in [0.5, 0.6) is 0 Å². The number of rotatable bonds is 3. The molecule has 1 fully saturated rings. The van der Waals surface area contributed by atoms with Crippen LogP contribution < -0.4 is 4.90 Å². The van der Waals surface area contributed by atoms with Gasteiger partial charge in [-0.05, 0) is 49.8 Å². The first-order chi connectivity index (χ1) is 8.61. The highest BCUT2D eigenvalue weighted by Gasteiger charge is 2.23. The van der Waals surface area contributed by atoms with E-state index >= 15 is 0 Å². The summed E-state index contributed by atoms with van der Waals surface area (Å²) < 4.78 is 0. The lowest BCUT2D eigenvalue weighted by atomic mass is 9.86. The Labute approximate surface area is 114 Å². The molecule has 0 N–H and O–H groups in total. The Morgan fingerprint density at radius 1 is 1.28 bits per heavy atom. The van der Waals surface area contributed by atoms with Crippen molar-refractivity contribution in [3.05, 3.63) is 28.8 Å². The Kier molecular flexibility index (Phi) is 4.28. The summed E-state index contributed by atoms with van der Waals surface area (Å²) in [4.78, 5) is 13.3. The summed E-state index contributed by atoms with van der Waals surface area (Å²) in [6.45, 7) is 2.31. The van der Waals surface area contributed by atoms with E-state index in [2.05, 4.69) is 18.9 Å². The summed E-state index contributed by atoms with van der Waals surface area (Å²) in [5, 5.41) is 0.687. The van der Waals surface area contributed by atoms with Gasteiger partial charge in [-0.2, -0.15) is 0 Å². The fourth-order valence-electron chi connectivity index (χ4n) is 2.75. The number of anilines is 1. The molecule has 2 nitrogen and oxygen atoms in total. The van der Waals surface area contributed by atoms with Gasteiger partial charge in [0.05, 0.1) is 0 Å². The molecule has 1 aliphatic rings. The number of nitrogens with zero attached hydrogens (tertiary/aromatic N) is 1. The molecule has 0 atom stereocenters. The Balaban J connectivity index is 2.19. The first-order valence-electron chi connectivity index (χ1n) is 6.59. The molecule has 1 aromatic carbocycles. The minimum Gasteiger partial charge on any atom is -0.371 e.